The highest BCUT2D eigenvalue weighted by atomic mass is 16.3. The molecule has 3 aromatic rings. The van der Waals surface area contributed by atoms with E-state index in [4.69, 9.17) is 10.2 Å². The van der Waals surface area contributed by atoms with Crippen LogP contribution in [-0.2, 0) is 0 Å². The maximum atomic E-state index is 12.2. The Morgan fingerprint density at radius 3 is 1.19 bits per heavy atom. The van der Waals surface area contributed by atoms with Gasteiger partial charge in [0, 0.05) is 28.3 Å². The number of fused-ring (bicyclic) bond motifs is 2. The van der Waals surface area contributed by atoms with Crippen LogP contribution in [0.4, 0.5) is 0 Å². The summed E-state index contributed by atoms with van der Waals surface area (Å²) in [5, 5.41) is 36.1. The van der Waals surface area contributed by atoms with Crippen LogP contribution in [0.1, 0.15) is 31.8 Å². The standard InChI is InChI=1S/C14H8O4.C6H6O2/c15-7-1-3-9-11(5-7)14(18)10-4-2-8(16)6-12(10)13(9)17;7-5-2-1-3-6(8)4-5/h1-6,15-16H;1-4,7-8H. The summed E-state index contributed by atoms with van der Waals surface area (Å²) in [7, 11) is 0. The van der Waals surface area contributed by atoms with Crippen LogP contribution in [0.25, 0.3) is 0 Å². The molecule has 1 aliphatic carbocycles. The average Bonchev–Trinajstić information content (AvgIpc) is 2.60. The van der Waals surface area contributed by atoms with Gasteiger partial charge in [0.25, 0.3) is 0 Å². The van der Waals surface area contributed by atoms with Crippen molar-refractivity contribution in [3.8, 4) is 23.0 Å². The van der Waals surface area contributed by atoms with E-state index in [-0.39, 0.29) is 56.8 Å². The lowest BCUT2D eigenvalue weighted by molar-refractivity contribution is 0.0978. The molecule has 0 amide bonds. The quantitative estimate of drug-likeness (QED) is 0.388. The SMILES string of the molecule is O=C1c2ccc(O)cc2C(=O)c2ccc(O)cc21.Oc1cccc(O)c1. The molecule has 3 aromatic carbocycles. The zero-order valence-electron chi connectivity index (χ0n) is 13.4. The predicted molar refractivity (Wildman–Crippen MR) is 92.9 cm³/mol. The molecule has 0 saturated heterocycles. The van der Waals surface area contributed by atoms with Crippen molar-refractivity contribution in [2.45, 2.75) is 0 Å². The second-order valence-electron chi connectivity index (χ2n) is 5.64. The van der Waals surface area contributed by atoms with Gasteiger partial charge >= 0.3 is 0 Å². The van der Waals surface area contributed by atoms with Crippen molar-refractivity contribution in [1.29, 1.82) is 0 Å². The largest absolute Gasteiger partial charge is 0.508 e. The lowest BCUT2D eigenvalue weighted by atomic mass is 9.84. The van der Waals surface area contributed by atoms with Gasteiger partial charge in [-0.05, 0) is 48.5 Å². The summed E-state index contributed by atoms with van der Waals surface area (Å²) in [4.78, 5) is 24.3. The number of rotatable bonds is 0. The first-order valence-corrected chi connectivity index (χ1v) is 7.60. The molecule has 130 valence electrons. The molecule has 4 rings (SSSR count). The molecule has 0 bridgehead atoms. The van der Waals surface area contributed by atoms with Gasteiger partial charge in [0.1, 0.15) is 23.0 Å². The van der Waals surface area contributed by atoms with Crippen molar-refractivity contribution in [2.75, 3.05) is 0 Å². The van der Waals surface area contributed by atoms with Crippen LogP contribution in [0, 0.1) is 0 Å². The number of hydrogen-bond acceptors (Lipinski definition) is 6. The zero-order chi connectivity index (χ0) is 18.8. The van der Waals surface area contributed by atoms with E-state index >= 15 is 0 Å². The normalized spacial score (nSPS) is 11.8. The van der Waals surface area contributed by atoms with Crippen LogP contribution in [0.5, 0.6) is 23.0 Å². The second-order valence-corrected chi connectivity index (χ2v) is 5.64. The fourth-order valence-corrected chi connectivity index (χ4v) is 2.62. The monoisotopic (exact) mass is 350 g/mol. The Morgan fingerprint density at radius 2 is 0.846 bits per heavy atom. The van der Waals surface area contributed by atoms with E-state index < -0.39 is 0 Å². The molecule has 0 spiro atoms. The smallest absolute Gasteiger partial charge is 0.194 e. The van der Waals surface area contributed by atoms with Crippen LogP contribution in [0.2, 0.25) is 0 Å². The van der Waals surface area contributed by atoms with Gasteiger partial charge in [-0.1, -0.05) is 6.07 Å². The van der Waals surface area contributed by atoms with Crippen molar-refractivity contribution in [1.82, 2.24) is 0 Å². The van der Waals surface area contributed by atoms with Crippen LogP contribution < -0.4 is 0 Å². The van der Waals surface area contributed by atoms with E-state index in [1.54, 1.807) is 6.07 Å². The molecular formula is C20H14O6. The highest BCUT2D eigenvalue weighted by molar-refractivity contribution is 6.28. The summed E-state index contributed by atoms with van der Waals surface area (Å²) in [5.74, 6) is -0.588. The maximum absolute atomic E-state index is 12.2. The number of carbonyl (C=O) groups is 2. The minimum atomic E-state index is -0.324. The van der Waals surface area contributed by atoms with E-state index in [9.17, 15) is 19.8 Å². The molecule has 0 aromatic heterocycles. The first-order chi connectivity index (χ1) is 12.4. The van der Waals surface area contributed by atoms with Crippen LogP contribution in [0.15, 0.2) is 60.7 Å². The first kappa shape index (κ1) is 17.0. The number of hydrogen-bond donors (Lipinski definition) is 4. The summed E-state index contributed by atoms with van der Waals surface area (Å²) < 4.78 is 0. The Hall–Kier alpha value is -3.80. The Balaban J connectivity index is 0.000000206. The highest BCUT2D eigenvalue weighted by Gasteiger charge is 2.29. The van der Waals surface area contributed by atoms with E-state index in [2.05, 4.69) is 0 Å². The molecule has 0 heterocycles. The molecule has 0 atom stereocenters. The number of benzene rings is 3. The second kappa shape index (κ2) is 6.60. The van der Waals surface area contributed by atoms with Gasteiger partial charge in [0.05, 0.1) is 0 Å². The topological polar surface area (TPSA) is 115 Å². The number of aromatic hydroxyl groups is 4. The van der Waals surface area contributed by atoms with Gasteiger partial charge in [-0.15, -0.1) is 0 Å². The van der Waals surface area contributed by atoms with Crippen molar-refractivity contribution >= 4 is 11.6 Å². The molecule has 0 unspecified atom stereocenters. The summed E-state index contributed by atoms with van der Waals surface area (Å²) in [6, 6.07) is 14.0. The van der Waals surface area contributed by atoms with Crippen LogP contribution in [0.3, 0.4) is 0 Å². The molecule has 1 aliphatic rings. The molecule has 6 nitrogen and oxygen atoms in total. The minimum absolute atomic E-state index is 0.0582. The molecule has 6 heteroatoms. The Morgan fingerprint density at radius 1 is 0.462 bits per heavy atom. The highest BCUT2D eigenvalue weighted by Crippen LogP contribution is 2.31. The Bertz CT molecular complexity index is 944. The molecule has 0 aliphatic heterocycles. The first-order valence-electron chi connectivity index (χ1n) is 7.60. The molecule has 0 fully saturated rings. The van der Waals surface area contributed by atoms with Crippen molar-refractivity contribution in [3.63, 3.8) is 0 Å². The lowest BCUT2D eigenvalue weighted by Gasteiger charge is -2.17. The Kier molecular flexibility index (Phi) is 4.33. The third-order valence-corrected chi connectivity index (χ3v) is 3.81. The van der Waals surface area contributed by atoms with Crippen LogP contribution in [-0.4, -0.2) is 32.0 Å². The molecule has 0 saturated carbocycles. The van der Waals surface area contributed by atoms with Gasteiger partial charge in [-0.3, -0.25) is 9.59 Å². The third-order valence-electron chi connectivity index (χ3n) is 3.81. The number of ketones is 2. The number of phenols is 4. The summed E-state index contributed by atoms with van der Waals surface area (Å²) in [6.45, 7) is 0. The molecule has 4 N–H and O–H groups in total. The summed E-state index contributed by atoms with van der Waals surface area (Å²) in [6.07, 6.45) is 0. The minimum Gasteiger partial charge on any atom is -0.508 e. The Labute approximate surface area is 148 Å². The molecular weight excluding hydrogens is 336 g/mol. The summed E-state index contributed by atoms with van der Waals surface area (Å²) >= 11 is 0. The van der Waals surface area contributed by atoms with E-state index in [0.29, 0.717) is 0 Å². The van der Waals surface area contributed by atoms with Crippen LogP contribution >= 0.6 is 0 Å². The van der Waals surface area contributed by atoms with Gasteiger partial charge in [-0.2, -0.15) is 0 Å². The van der Waals surface area contributed by atoms with Crippen molar-refractivity contribution < 1.29 is 30.0 Å². The fraction of sp³-hybridized carbons (Fsp3) is 0. The van der Waals surface area contributed by atoms with Gasteiger partial charge in [0.15, 0.2) is 11.6 Å². The maximum Gasteiger partial charge on any atom is 0.194 e. The van der Waals surface area contributed by atoms with Gasteiger partial charge in [-0.25, -0.2) is 0 Å². The number of phenolic OH excluding ortho intramolecular Hbond substituents is 4. The molecule has 26 heavy (non-hydrogen) atoms. The lowest BCUT2D eigenvalue weighted by Crippen LogP contribution is -2.20. The van der Waals surface area contributed by atoms with Crippen molar-refractivity contribution in [3.05, 3.63) is 82.9 Å². The summed E-state index contributed by atoms with van der Waals surface area (Å²) in [5.41, 5.74) is 0.878. The van der Waals surface area contributed by atoms with E-state index in [0.717, 1.165) is 0 Å². The van der Waals surface area contributed by atoms with Gasteiger partial charge in [0.2, 0.25) is 0 Å². The molecule has 0 radical (unpaired) electrons. The fourth-order valence-electron chi connectivity index (χ4n) is 2.62. The van der Waals surface area contributed by atoms with E-state index in [1.165, 1.54) is 54.6 Å². The zero-order valence-corrected chi connectivity index (χ0v) is 13.4. The third kappa shape index (κ3) is 3.21. The van der Waals surface area contributed by atoms with Gasteiger partial charge < -0.3 is 20.4 Å². The van der Waals surface area contributed by atoms with E-state index in [1.807, 2.05) is 0 Å². The average molecular weight is 350 g/mol. The predicted octanol–water partition coefficient (Wildman–Crippen LogP) is 2.97. The van der Waals surface area contributed by atoms with Crippen molar-refractivity contribution in [2.24, 2.45) is 0 Å². The number of carbonyl (C=O) groups excluding carboxylic acids is 2.